The molecule has 0 aromatic carbocycles. The number of nitrogens with two attached hydrogens (primary N) is 1. The van der Waals surface area contributed by atoms with Crippen molar-refractivity contribution in [3.63, 3.8) is 0 Å². The van der Waals surface area contributed by atoms with Crippen LogP contribution in [0.25, 0.3) is 0 Å². The van der Waals surface area contributed by atoms with E-state index in [1.807, 2.05) is 0 Å². The summed E-state index contributed by atoms with van der Waals surface area (Å²) in [5.74, 6) is -0.247. The van der Waals surface area contributed by atoms with Gasteiger partial charge in [0.1, 0.15) is 24.0 Å². The Labute approximate surface area is 132 Å². The van der Waals surface area contributed by atoms with E-state index in [0.717, 1.165) is 10.8 Å². The van der Waals surface area contributed by atoms with Gasteiger partial charge in [0.25, 0.3) is 0 Å². The lowest BCUT2D eigenvalue weighted by Gasteiger charge is -2.30. The molecule has 4 atom stereocenters. The smallest absolute Gasteiger partial charge is 0.351 e. The Hall–Kier alpha value is -1.72. The van der Waals surface area contributed by atoms with E-state index >= 15 is 0 Å². The Morgan fingerprint density at radius 2 is 2.00 bits per heavy atom. The molecule has 0 amide bonds. The Kier molecular flexibility index (Phi) is 4.64. The Balaban J connectivity index is 2.46. The van der Waals surface area contributed by atoms with Gasteiger partial charge in [-0.25, -0.2) is 9.86 Å². The van der Waals surface area contributed by atoms with Crippen molar-refractivity contribution in [3.8, 4) is 0 Å². The number of hydroxylamine groups is 1. The summed E-state index contributed by atoms with van der Waals surface area (Å²) in [6.45, 7) is 4.43. The number of ether oxygens (including phenoxy) is 1. The topological polar surface area (TPSA) is 154 Å². The zero-order valence-electron chi connectivity index (χ0n) is 13.1. The minimum absolute atomic E-state index is 0.0603. The highest BCUT2D eigenvalue weighted by Crippen LogP contribution is 2.31. The van der Waals surface area contributed by atoms with Crippen LogP contribution in [0.2, 0.25) is 0 Å². The molecule has 0 aliphatic carbocycles. The van der Waals surface area contributed by atoms with E-state index in [0.29, 0.717) is 5.06 Å². The molecule has 129 valence electrons. The van der Waals surface area contributed by atoms with Gasteiger partial charge in [0.05, 0.1) is 12.1 Å². The lowest BCUT2D eigenvalue weighted by atomic mass is 10.1. The average Bonchev–Trinajstić information content (AvgIpc) is 2.73. The predicted octanol–water partition coefficient (Wildman–Crippen LogP) is -1.61. The van der Waals surface area contributed by atoms with Crippen molar-refractivity contribution in [3.05, 3.63) is 16.7 Å². The average molecular weight is 329 g/mol. The first-order chi connectivity index (χ1) is 10.6. The van der Waals surface area contributed by atoms with Crippen molar-refractivity contribution >= 4 is 11.5 Å². The molecule has 0 saturated carbocycles. The molecular weight excluding hydrogens is 308 g/mol. The highest BCUT2D eigenvalue weighted by Gasteiger charge is 2.44. The van der Waals surface area contributed by atoms with Gasteiger partial charge < -0.3 is 25.8 Å². The van der Waals surface area contributed by atoms with Crippen molar-refractivity contribution in [1.82, 2.24) is 9.55 Å². The summed E-state index contributed by atoms with van der Waals surface area (Å²) in [6.07, 6.45) is -4.03. The third kappa shape index (κ3) is 3.16. The van der Waals surface area contributed by atoms with Gasteiger partial charge in [-0.1, -0.05) is 5.21 Å². The third-order valence-electron chi connectivity index (χ3n) is 3.58. The number of aromatic nitrogens is 2. The van der Waals surface area contributed by atoms with Crippen molar-refractivity contribution < 1.29 is 25.3 Å². The highest BCUT2D eigenvalue weighted by atomic mass is 16.6. The third-order valence-corrected chi connectivity index (χ3v) is 3.58. The predicted molar refractivity (Wildman–Crippen MR) is 78.8 cm³/mol. The van der Waals surface area contributed by atoms with Crippen molar-refractivity contribution in [2.24, 2.45) is 0 Å². The maximum atomic E-state index is 12.3. The van der Waals surface area contributed by atoms with Gasteiger partial charge in [0.15, 0.2) is 12.0 Å². The minimum Gasteiger partial charge on any atom is -0.394 e. The first-order valence-corrected chi connectivity index (χ1v) is 7.06. The molecule has 1 radical (unpaired) electrons. The molecule has 0 unspecified atom stereocenters. The molecule has 0 bridgehead atoms. The van der Waals surface area contributed by atoms with E-state index in [2.05, 4.69) is 4.98 Å². The van der Waals surface area contributed by atoms with Gasteiger partial charge in [-0.05, 0) is 20.8 Å². The van der Waals surface area contributed by atoms with Crippen LogP contribution in [0, 0.1) is 0 Å². The quantitative estimate of drug-likeness (QED) is 0.483. The molecule has 0 spiro atoms. The van der Waals surface area contributed by atoms with Crippen molar-refractivity contribution in [2.75, 3.05) is 17.4 Å². The van der Waals surface area contributed by atoms with Crippen LogP contribution in [0.3, 0.4) is 0 Å². The van der Waals surface area contributed by atoms with E-state index in [4.69, 9.17) is 15.6 Å². The van der Waals surface area contributed by atoms with Crippen LogP contribution in [0.4, 0.5) is 11.5 Å². The van der Waals surface area contributed by atoms with Gasteiger partial charge in [0.2, 0.25) is 0 Å². The zero-order valence-corrected chi connectivity index (χ0v) is 13.1. The molecule has 1 aliphatic rings. The normalized spacial score (nSPS) is 28.1. The first kappa shape index (κ1) is 17.6. The number of nitrogens with zero attached hydrogens (tertiary/aromatic N) is 3. The van der Waals surface area contributed by atoms with E-state index in [-0.39, 0.29) is 11.5 Å². The van der Waals surface area contributed by atoms with Crippen LogP contribution in [-0.2, 0) is 9.94 Å². The summed E-state index contributed by atoms with van der Waals surface area (Å²) >= 11 is 0. The molecule has 1 aromatic heterocycles. The van der Waals surface area contributed by atoms with Crippen LogP contribution in [-0.4, -0.2) is 55.3 Å². The number of anilines is 2. The lowest BCUT2D eigenvalue weighted by Crippen LogP contribution is -2.41. The Morgan fingerprint density at radius 3 is 2.48 bits per heavy atom. The van der Waals surface area contributed by atoms with E-state index < -0.39 is 42.4 Å². The zero-order chi connectivity index (χ0) is 17.5. The standard InChI is InChI=1S/C13H21N4O6/c1-13(2,3)17(22)6-4-16(12(21)15-10(6)14)11-9(20)8(19)7(5-18)23-11/h4,7-9,11,18-20H,5H2,1-3H3,(H2,14,15,21)/t7-,8-,9-,11-/m1/s1. The van der Waals surface area contributed by atoms with Gasteiger partial charge in [-0.15, -0.1) is 0 Å². The second kappa shape index (κ2) is 6.06. The summed E-state index contributed by atoms with van der Waals surface area (Å²) in [5, 5.41) is 41.8. The van der Waals surface area contributed by atoms with Gasteiger partial charge in [-0.2, -0.15) is 4.98 Å². The number of nitrogen functional groups attached to an aromatic ring is 1. The summed E-state index contributed by atoms with van der Waals surface area (Å²) in [5.41, 5.74) is 3.91. The maximum Gasteiger partial charge on any atom is 0.351 e. The molecule has 1 aliphatic heterocycles. The molecule has 1 aromatic rings. The highest BCUT2D eigenvalue weighted by molar-refractivity contribution is 5.61. The van der Waals surface area contributed by atoms with Crippen LogP contribution in [0.15, 0.2) is 11.0 Å². The summed E-state index contributed by atoms with van der Waals surface area (Å²) in [6, 6.07) is 0. The number of rotatable bonds is 3. The monoisotopic (exact) mass is 329 g/mol. The SMILES string of the molecule is CC(C)(C)N([O])c1cn([C@@H]2O[C@H](CO)[C@@H](O)[C@H]2O)c(=O)nc1N. The fourth-order valence-corrected chi connectivity index (χ4v) is 2.28. The molecule has 2 rings (SSSR count). The number of hydrogen-bond donors (Lipinski definition) is 4. The van der Waals surface area contributed by atoms with E-state index in [1.165, 1.54) is 0 Å². The molecule has 23 heavy (non-hydrogen) atoms. The minimum atomic E-state index is -1.46. The fourth-order valence-electron chi connectivity index (χ4n) is 2.28. The molecule has 10 heteroatoms. The van der Waals surface area contributed by atoms with Crippen LogP contribution in [0.1, 0.15) is 27.0 Å². The van der Waals surface area contributed by atoms with Crippen LogP contribution >= 0.6 is 0 Å². The maximum absolute atomic E-state index is 12.3. The van der Waals surface area contributed by atoms with E-state index in [1.54, 1.807) is 20.8 Å². The molecule has 2 heterocycles. The second-order valence-electron chi connectivity index (χ2n) is 6.40. The summed E-state index contributed by atoms with van der Waals surface area (Å²) in [4.78, 5) is 15.6. The number of hydrogen-bond acceptors (Lipinski definition) is 8. The lowest BCUT2D eigenvalue weighted by molar-refractivity contribution is -0.0550. The Morgan fingerprint density at radius 1 is 1.39 bits per heavy atom. The molecule has 5 N–H and O–H groups in total. The number of aliphatic hydroxyl groups excluding tert-OH is 3. The molecule has 1 fully saturated rings. The number of aliphatic hydroxyl groups is 3. The first-order valence-electron chi connectivity index (χ1n) is 7.06. The fraction of sp³-hybridized carbons (Fsp3) is 0.692. The van der Waals surface area contributed by atoms with E-state index in [9.17, 15) is 20.2 Å². The largest absolute Gasteiger partial charge is 0.394 e. The molecule has 10 nitrogen and oxygen atoms in total. The van der Waals surface area contributed by atoms with Crippen molar-refractivity contribution in [1.29, 1.82) is 0 Å². The van der Waals surface area contributed by atoms with Crippen molar-refractivity contribution in [2.45, 2.75) is 50.8 Å². The Bertz CT molecular complexity index is 628. The second-order valence-corrected chi connectivity index (χ2v) is 6.40. The van der Waals surface area contributed by atoms with Crippen LogP contribution < -0.4 is 16.5 Å². The molecule has 1 saturated heterocycles. The van der Waals surface area contributed by atoms with Gasteiger partial charge in [0, 0.05) is 6.20 Å². The van der Waals surface area contributed by atoms with Gasteiger partial charge >= 0.3 is 5.69 Å². The summed E-state index contributed by atoms with van der Waals surface area (Å²) < 4.78 is 6.15. The van der Waals surface area contributed by atoms with Crippen LogP contribution in [0.5, 0.6) is 0 Å². The van der Waals surface area contributed by atoms with Gasteiger partial charge in [-0.3, -0.25) is 4.57 Å². The summed E-state index contributed by atoms with van der Waals surface area (Å²) in [7, 11) is 0. The molecular formula is C13H21N4O6.